The number of hydrogen-bond donors (Lipinski definition) is 2. The Morgan fingerprint density at radius 1 is 1.43 bits per heavy atom. The van der Waals surface area contributed by atoms with Crippen LogP contribution in [0.5, 0.6) is 0 Å². The Bertz CT molecular complexity index is 654. The van der Waals surface area contributed by atoms with Gasteiger partial charge in [-0.1, -0.05) is 13.8 Å². The first-order chi connectivity index (χ1) is 9.86. The van der Waals surface area contributed by atoms with Crippen molar-refractivity contribution in [1.82, 2.24) is 10.3 Å². The van der Waals surface area contributed by atoms with Crippen LogP contribution in [-0.4, -0.2) is 27.3 Å². The highest BCUT2D eigenvalue weighted by molar-refractivity contribution is 5.93. The molecule has 0 fully saturated rings. The van der Waals surface area contributed by atoms with Gasteiger partial charge in [0.15, 0.2) is 5.52 Å². The Balaban J connectivity index is 2.41. The van der Waals surface area contributed by atoms with Crippen LogP contribution in [0.25, 0.3) is 11.0 Å². The van der Waals surface area contributed by atoms with E-state index in [2.05, 4.69) is 34.1 Å². The van der Waals surface area contributed by atoms with E-state index in [0.29, 0.717) is 23.7 Å². The summed E-state index contributed by atoms with van der Waals surface area (Å²) in [7, 11) is 0. The fraction of sp³-hybridized carbons (Fsp3) is 0.538. The highest BCUT2D eigenvalue weighted by Gasteiger charge is 2.27. The summed E-state index contributed by atoms with van der Waals surface area (Å²) in [5.74, 6) is 0.454. The Morgan fingerprint density at radius 2 is 2.10 bits per heavy atom. The van der Waals surface area contributed by atoms with Gasteiger partial charge in [0, 0.05) is 18.2 Å². The number of aromatic nitrogens is 2. The third-order valence-electron chi connectivity index (χ3n) is 3.34. The van der Waals surface area contributed by atoms with E-state index >= 15 is 0 Å². The molecule has 0 radical (unpaired) electrons. The summed E-state index contributed by atoms with van der Waals surface area (Å²) in [6.07, 6.45) is 0.854. The van der Waals surface area contributed by atoms with Gasteiger partial charge in [-0.2, -0.15) is 0 Å². The number of hydrogen-bond acceptors (Lipinski definition) is 7. The van der Waals surface area contributed by atoms with Crippen LogP contribution in [0.15, 0.2) is 16.8 Å². The van der Waals surface area contributed by atoms with Crippen LogP contribution in [0.4, 0.5) is 11.4 Å². The lowest BCUT2D eigenvalue weighted by Gasteiger charge is -2.32. The molecule has 1 atom stereocenters. The minimum atomic E-state index is -0.507. The highest BCUT2D eigenvalue weighted by Crippen LogP contribution is 2.31. The van der Waals surface area contributed by atoms with Gasteiger partial charge in [0.2, 0.25) is 5.52 Å². The Morgan fingerprint density at radius 3 is 2.67 bits per heavy atom. The molecular weight excluding hydrogens is 274 g/mol. The molecule has 3 N–H and O–H groups in total. The van der Waals surface area contributed by atoms with Crippen molar-refractivity contribution in [2.24, 2.45) is 11.7 Å². The maximum absolute atomic E-state index is 11.0. The van der Waals surface area contributed by atoms with Crippen molar-refractivity contribution in [2.45, 2.75) is 32.7 Å². The fourth-order valence-corrected chi connectivity index (χ4v) is 2.51. The van der Waals surface area contributed by atoms with E-state index in [1.165, 1.54) is 6.07 Å². The first kappa shape index (κ1) is 15.2. The van der Waals surface area contributed by atoms with Crippen molar-refractivity contribution >= 4 is 22.4 Å². The normalized spacial score (nSPS) is 14.3. The predicted octanol–water partition coefficient (Wildman–Crippen LogP) is 2.31. The molecule has 2 rings (SSSR count). The molecular formula is C13H19N5O3. The molecule has 8 nitrogen and oxygen atoms in total. The fourth-order valence-electron chi connectivity index (χ4n) is 2.51. The molecule has 2 aromatic rings. The molecule has 1 heterocycles. The summed E-state index contributed by atoms with van der Waals surface area (Å²) in [6, 6.07) is 3.00. The van der Waals surface area contributed by atoms with Crippen molar-refractivity contribution in [2.75, 3.05) is 11.9 Å². The van der Waals surface area contributed by atoms with E-state index in [9.17, 15) is 10.1 Å². The molecule has 0 aliphatic carbocycles. The molecule has 1 aromatic carbocycles. The molecule has 0 bridgehead atoms. The maximum Gasteiger partial charge on any atom is 0.300 e. The van der Waals surface area contributed by atoms with Crippen LogP contribution in [0.3, 0.4) is 0 Å². The van der Waals surface area contributed by atoms with E-state index in [1.54, 1.807) is 6.07 Å². The number of nitro groups is 1. The van der Waals surface area contributed by atoms with Crippen molar-refractivity contribution < 1.29 is 9.55 Å². The van der Waals surface area contributed by atoms with Gasteiger partial charge < -0.3 is 11.1 Å². The number of nitrogens with two attached hydrogens (primary N) is 1. The number of benzene rings is 1. The standard InChI is InChI=1S/C13H19N5O3/c1-8(2)6-13(3,7-14)15-9-4-5-10(18(19)20)12-11(9)16-21-17-12/h4-5,8,15H,6-7,14H2,1-3H3. The average molecular weight is 293 g/mol. The lowest BCUT2D eigenvalue weighted by molar-refractivity contribution is -0.383. The van der Waals surface area contributed by atoms with Gasteiger partial charge in [0.1, 0.15) is 0 Å². The summed E-state index contributed by atoms with van der Waals surface area (Å²) in [5, 5.41) is 21.7. The Kier molecular flexibility index (Phi) is 4.08. The van der Waals surface area contributed by atoms with E-state index < -0.39 is 4.92 Å². The SMILES string of the molecule is CC(C)CC(C)(CN)Nc1ccc([N+](=O)[O-])c2nonc12. The first-order valence-corrected chi connectivity index (χ1v) is 6.74. The molecule has 1 aromatic heterocycles. The third kappa shape index (κ3) is 3.10. The van der Waals surface area contributed by atoms with Gasteiger partial charge in [-0.25, -0.2) is 4.63 Å². The largest absolute Gasteiger partial charge is 0.377 e. The number of nitro benzene ring substituents is 1. The van der Waals surface area contributed by atoms with Crippen LogP contribution >= 0.6 is 0 Å². The minimum absolute atomic E-state index is 0.130. The number of non-ortho nitro benzene ring substituents is 1. The van der Waals surface area contributed by atoms with E-state index in [0.717, 1.165) is 6.42 Å². The molecule has 21 heavy (non-hydrogen) atoms. The van der Waals surface area contributed by atoms with E-state index in [1.807, 2.05) is 6.92 Å². The summed E-state index contributed by atoms with van der Waals surface area (Å²) in [4.78, 5) is 10.5. The molecule has 0 amide bonds. The van der Waals surface area contributed by atoms with Gasteiger partial charge in [0.25, 0.3) is 0 Å². The number of fused-ring (bicyclic) bond motifs is 1. The molecule has 0 aliphatic heterocycles. The average Bonchev–Trinajstić information content (AvgIpc) is 2.87. The van der Waals surface area contributed by atoms with E-state index in [4.69, 9.17) is 5.73 Å². The van der Waals surface area contributed by atoms with Crippen molar-refractivity contribution in [3.8, 4) is 0 Å². The topological polar surface area (TPSA) is 120 Å². The van der Waals surface area contributed by atoms with Crippen LogP contribution in [0, 0.1) is 16.0 Å². The molecule has 0 saturated carbocycles. The second kappa shape index (κ2) is 5.65. The minimum Gasteiger partial charge on any atom is -0.377 e. The van der Waals surface area contributed by atoms with Gasteiger partial charge >= 0.3 is 5.69 Å². The molecule has 8 heteroatoms. The number of nitrogens with zero attached hydrogens (tertiary/aromatic N) is 3. The smallest absolute Gasteiger partial charge is 0.300 e. The summed E-state index contributed by atoms with van der Waals surface area (Å²) in [5.41, 5.74) is 6.51. The summed E-state index contributed by atoms with van der Waals surface area (Å²) < 4.78 is 4.65. The number of rotatable bonds is 6. The zero-order valence-corrected chi connectivity index (χ0v) is 12.3. The molecule has 1 unspecified atom stereocenters. The van der Waals surface area contributed by atoms with Crippen molar-refractivity contribution in [1.29, 1.82) is 0 Å². The quantitative estimate of drug-likeness (QED) is 0.619. The number of anilines is 1. The first-order valence-electron chi connectivity index (χ1n) is 6.74. The van der Waals surface area contributed by atoms with Gasteiger partial charge in [-0.3, -0.25) is 10.1 Å². The second-order valence-corrected chi connectivity index (χ2v) is 5.84. The van der Waals surface area contributed by atoms with Crippen LogP contribution in [0.2, 0.25) is 0 Å². The lowest BCUT2D eigenvalue weighted by atomic mass is 9.90. The Labute approximate surface area is 121 Å². The molecule has 0 aliphatic rings. The Hall–Kier alpha value is -2.22. The predicted molar refractivity (Wildman–Crippen MR) is 79.0 cm³/mol. The van der Waals surface area contributed by atoms with Gasteiger partial charge in [-0.15, -0.1) is 0 Å². The molecule has 114 valence electrons. The van der Waals surface area contributed by atoms with Crippen LogP contribution < -0.4 is 11.1 Å². The zero-order valence-electron chi connectivity index (χ0n) is 12.3. The van der Waals surface area contributed by atoms with Crippen molar-refractivity contribution in [3.05, 3.63) is 22.2 Å². The van der Waals surface area contributed by atoms with Gasteiger partial charge in [0.05, 0.1) is 10.6 Å². The zero-order chi connectivity index (χ0) is 15.6. The molecule has 0 spiro atoms. The number of nitrogens with one attached hydrogen (secondary N) is 1. The third-order valence-corrected chi connectivity index (χ3v) is 3.34. The maximum atomic E-state index is 11.0. The van der Waals surface area contributed by atoms with E-state index in [-0.39, 0.29) is 16.7 Å². The monoisotopic (exact) mass is 293 g/mol. The van der Waals surface area contributed by atoms with Crippen LogP contribution in [0.1, 0.15) is 27.2 Å². The second-order valence-electron chi connectivity index (χ2n) is 5.84. The summed E-state index contributed by atoms with van der Waals surface area (Å²) in [6.45, 7) is 6.65. The molecule has 0 saturated heterocycles. The summed E-state index contributed by atoms with van der Waals surface area (Å²) >= 11 is 0. The highest BCUT2D eigenvalue weighted by atomic mass is 16.6. The van der Waals surface area contributed by atoms with Crippen LogP contribution in [-0.2, 0) is 0 Å². The lowest BCUT2D eigenvalue weighted by Crippen LogP contribution is -2.43. The van der Waals surface area contributed by atoms with Crippen molar-refractivity contribution in [3.63, 3.8) is 0 Å². The van der Waals surface area contributed by atoms with Gasteiger partial charge in [-0.05, 0) is 35.6 Å².